The Morgan fingerprint density at radius 3 is 2.55 bits per heavy atom. The molecule has 1 aromatic carbocycles. The Morgan fingerprint density at radius 1 is 1.35 bits per heavy atom. The first kappa shape index (κ1) is 16.9. The summed E-state index contributed by atoms with van der Waals surface area (Å²) >= 11 is 6.04. The molecule has 0 bridgehead atoms. The van der Waals surface area contributed by atoms with E-state index >= 15 is 0 Å². The summed E-state index contributed by atoms with van der Waals surface area (Å²) in [4.78, 5) is 22.5. The molecule has 3 nitrogen and oxygen atoms in total. The second-order valence-electron chi connectivity index (χ2n) is 3.96. The van der Waals surface area contributed by atoms with E-state index in [0.29, 0.717) is 12.5 Å². The van der Waals surface area contributed by atoms with Crippen molar-refractivity contribution in [3.05, 3.63) is 29.3 Å². The van der Waals surface area contributed by atoms with E-state index in [0.717, 1.165) is 17.8 Å². The van der Waals surface area contributed by atoms with Crippen LogP contribution in [0.15, 0.2) is 17.0 Å². The van der Waals surface area contributed by atoms with Crippen molar-refractivity contribution >= 4 is 34.6 Å². The lowest BCUT2D eigenvalue weighted by Crippen LogP contribution is -2.17. The maximum Gasteiger partial charge on any atom is 0.319 e. The van der Waals surface area contributed by atoms with Gasteiger partial charge in [0, 0.05) is 11.0 Å². The molecular weight excluding hydrogens is 310 g/mol. The molecule has 1 rings (SSSR count). The third-order valence-corrected chi connectivity index (χ3v) is 3.63. The normalized spacial score (nSPS) is 12.1. The number of hydrogen-bond acceptors (Lipinski definition) is 4. The van der Waals surface area contributed by atoms with E-state index in [9.17, 15) is 18.4 Å². The van der Waals surface area contributed by atoms with Crippen molar-refractivity contribution in [1.82, 2.24) is 0 Å². The number of carbonyl (C=O) groups is 2. The fourth-order valence-corrected chi connectivity index (χ4v) is 2.38. The van der Waals surface area contributed by atoms with Crippen LogP contribution in [0.3, 0.4) is 0 Å². The third-order valence-electron chi connectivity index (χ3n) is 2.32. The zero-order valence-corrected chi connectivity index (χ0v) is 12.5. The Hall–Kier alpha value is -1.14. The first-order valence-corrected chi connectivity index (χ1v) is 7.14. The van der Waals surface area contributed by atoms with Gasteiger partial charge in [0.1, 0.15) is 16.9 Å². The van der Waals surface area contributed by atoms with Gasteiger partial charge in [0.15, 0.2) is 0 Å². The number of thioether (sulfide) groups is 1. The molecule has 1 aromatic rings. The van der Waals surface area contributed by atoms with Crippen LogP contribution in [0.2, 0.25) is 0 Å². The highest BCUT2D eigenvalue weighted by molar-refractivity contribution is 8.00. The molecule has 0 aromatic heterocycles. The standard InChI is InChI=1S/C13H13ClF2O3S/c1-3-4-19-13(18)7(2)20-11-5-8(12(14)17)9(15)6-10(11)16/h5-7H,3-4H2,1-2H3. The predicted molar refractivity (Wildman–Crippen MR) is 73.1 cm³/mol. The van der Waals surface area contributed by atoms with Crippen molar-refractivity contribution < 1.29 is 23.1 Å². The van der Waals surface area contributed by atoms with E-state index in [1.165, 1.54) is 6.92 Å². The average molecular weight is 323 g/mol. The Morgan fingerprint density at radius 2 is 2.00 bits per heavy atom. The van der Waals surface area contributed by atoms with Gasteiger partial charge >= 0.3 is 5.97 Å². The number of rotatable bonds is 6. The van der Waals surface area contributed by atoms with E-state index in [1.807, 2.05) is 6.92 Å². The first-order valence-electron chi connectivity index (χ1n) is 5.89. The van der Waals surface area contributed by atoms with Crippen LogP contribution in [-0.2, 0) is 9.53 Å². The molecule has 0 aliphatic rings. The van der Waals surface area contributed by atoms with Gasteiger partial charge in [-0.25, -0.2) is 8.78 Å². The van der Waals surface area contributed by atoms with Crippen LogP contribution in [0.1, 0.15) is 30.6 Å². The van der Waals surface area contributed by atoms with Gasteiger partial charge in [0.25, 0.3) is 5.24 Å². The SMILES string of the molecule is CCCOC(=O)C(C)Sc1cc(C(=O)Cl)c(F)cc1F. The molecule has 110 valence electrons. The molecule has 0 heterocycles. The molecule has 0 radical (unpaired) electrons. The summed E-state index contributed by atoms with van der Waals surface area (Å²) in [5, 5.41) is -1.70. The lowest BCUT2D eigenvalue weighted by Gasteiger charge is -2.12. The topological polar surface area (TPSA) is 43.4 Å². The molecule has 0 saturated carbocycles. The van der Waals surface area contributed by atoms with Gasteiger partial charge in [-0.3, -0.25) is 9.59 Å². The molecule has 0 aliphatic heterocycles. The number of carbonyl (C=O) groups excluding carboxylic acids is 2. The van der Waals surface area contributed by atoms with Crippen LogP contribution in [0, 0.1) is 11.6 Å². The van der Waals surface area contributed by atoms with Crippen molar-refractivity contribution in [3.8, 4) is 0 Å². The van der Waals surface area contributed by atoms with E-state index in [2.05, 4.69) is 0 Å². The van der Waals surface area contributed by atoms with Crippen molar-refractivity contribution in [3.63, 3.8) is 0 Å². The first-order chi connectivity index (χ1) is 9.36. The number of benzene rings is 1. The van der Waals surface area contributed by atoms with Crippen LogP contribution in [0.5, 0.6) is 0 Å². The zero-order chi connectivity index (χ0) is 15.3. The Labute approximate surface area is 124 Å². The van der Waals surface area contributed by atoms with Gasteiger partial charge in [-0.15, -0.1) is 11.8 Å². The van der Waals surface area contributed by atoms with Crippen molar-refractivity contribution in [2.75, 3.05) is 6.61 Å². The molecule has 0 saturated heterocycles. The zero-order valence-electron chi connectivity index (χ0n) is 10.9. The predicted octanol–water partition coefficient (Wildman–Crippen LogP) is 3.78. The Bertz CT molecular complexity index is 523. The number of esters is 1. The van der Waals surface area contributed by atoms with E-state index in [4.69, 9.17) is 16.3 Å². The largest absolute Gasteiger partial charge is 0.465 e. The molecule has 0 amide bonds. The summed E-state index contributed by atoms with van der Waals surface area (Å²) in [6.45, 7) is 3.66. The highest BCUT2D eigenvalue weighted by Gasteiger charge is 2.20. The van der Waals surface area contributed by atoms with Crippen LogP contribution in [0.25, 0.3) is 0 Å². The lowest BCUT2D eigenvalue weighted by molar-refractivity contribution is -0.142. The summed E-state index contributed by atoms with van der Waals surface area (Å²) in [5.74, 6) is -2.39. The summed E-state index contributed by atoms with van der Waals surface area (Å²) in [7, 11) is 0. The fourth-order valence-electron chi connectivity index (χ4n) is 1.33. The van der Waals surface area contributed by atoms with E-state index in [-0.39, 0.29) is 11.5 Å². The molecule has 0 N–H and O–H groups in total. The highest BCUT2D eigenvalue weighted by Crippen LogP contribution is 2.29. The minimum Gasteiger partial charge on any atom is -0.465 e. The van der Waals surface area contributed by atoms with E-state index < -0.39 is 33.7 Å². The minimum atomic E-state index is -1.03. The molecule has 7 heteroatoms. The van der Waals surface area contributed by atoms with Gasteiger partial charge in [0.2, 0.25) is 0 Å². The third kappa shape index (κ3) is 4.45. The number of halogens is 3. The van der Waals surface area contributed by atoms with Crippen LogP contribution < -0.4 is 0 Å². The molecular formula is C13H13ClF2O3S. The summed E-state index contributed by atoms with van der Waals surface area (Å²) in [6.07, 6.45) is 0.679. The van der Waals surface area contributed by atoms with Crippen molar-refractivity contribution in [1.29, 1.82) is 0 Å². The summed E-state index contributed by atoms with van der Waals surface area (Å²) in [5.41, 5.74) is -0.426. The van der Waals surface area contributed by atoms with Gasteiger partial charge in [0.05, 0.1) is 12.2 Å². The minimum absolute atomic E-state index is 0.0312. The van der Waals surface area contributed by atoms with Crippen LogP contribution in [-0.4, -0.2) is 23.1 Å². The number of hydrogen-bond donors (Lipinski definition) is 0. The van der Waals surface area contributed by atoms with Crippen molar-refractivity contribution in [2.24, 2.45) is 0 Å². The lowest BCUT2D eigenvalue weighted by atomic mass is 10.2. The number of ether oxygens (including phenoxy) is 1. The van der Waals surface area contributed by atoms with Gasteiger partial charge in [-0.2, -0.15) is 0 Å². The summed E-state index contributed by atoms with van der Waals surface area (Å²) in [6, 6.07) is 1.57. The van der Waals surface area contributed by atoms with E-state index in [1.54, 1.807) is 0 Å². The fraction of sp³-hybridized carbons (Fsp3) is 0.385. The molecule has 0 aliphatic carbocycles. The highest BCUT2D eigenvalue weighted by atomic mass is 35.5. The smallest absolute Gasteiger partial charge is 0.319 e. The molecule has 0 spiro atoms. The molecule has 20 heavy (non-hydrogen) atoms. The van der Waals surface area contributed by atoms with Gasteiger partial charge in [-0.1, -0.05) is 6.92 Å². The van der Waals surface area contributed by atoms with Crippen molar-refractivity contribution in [2.45, 2.75) is 30.4 Å². The van der Waals surface area contributed by atoms with Crippen LogP contribution >= 0.6 is 23.4 Å². The average Bonchev–Trinajstić information content (AvgIpc) is 2.38. The molecule has 0 fully saturated rings. The Balaban J connectivity index is 2.89. The molecule has 1 atom stereocenters. The second-order valence-corrected chi connectivity index (χ2v) is 5.69. The molecule has 1 unspecified atom stereocenters. The van der Waals surface area contributed by atoms with Crippen LogP contribution in [0.4, 0.5) is 8.78 Å². The van der Waals surface area contributed by atoms with Gasteiger partial charge in [-0.05, 0) is 31.0 Å². The quantitative estimate of drug-likeness (QED) is 0.454. The summed E-state index contributed by atoms with van der Waals surface area (Å²) < 4.78 is 31.8. The maximum atomic E-state index is 13.6. The second kappa shape index (κ2) is 7.59. The monoisotopic (exact) mass is 322 g/mol. The van der Waals surface area contributed by atoms with Gasteiger partial charge < -0.3 is 4.74 Å². The Kier molecular flexibility index (Phi) is 6.42. The maximum absolute atomic E-state index is 13.6.